The molecule has 3 heterocycles. The number of nitrogens with zero attached hydrogens (tertiary/aromatic N) is 7. The van der Waals surface area contributed by atoms with Crippen molar-refractivity contribution in [3.8, 4) is 0 Å². The molecule has 0 amide bonds. The Morgan fingerprint density at radius 3 is 1.00 bits per heavy atom. The van der Waals surface area contributed by atoms with Gasteiger partial charge < -0.3 is 125 Å². The lowest BCUT2D eigenvalue weighted by molar-refractivity contribution is -0.920. The second kappa shape index (κ2) is 61.6. The SMILES string of the molecule is CC1(C)OB(c2ccc(N(CCCl)CCBr)cc2)OC1(C)C.CCC[N+](C)(CCCl)Cc1cc(C[N+](C)(CCCl)CCCl)ccc1B(O)O.Cc1cc(N(CCCl)CCCl)c(Br)cc1B1OC(C)(C)C(C)(C)O1.Cc1cc(N(CCCl)CCCl)ccc1B1OC(C)(C)C(C)(C)O1.OB(O)c1ccc(N(CCCl)CCBr)cc1.OB(O)c1ccc(N(CCCl)CCCl)cc1.[Br-].[Br-]. The Morgan fingerprint density at radius 1 is 0.354 bits per heavy atom. The van der Waals surface area contributed by atoms with Crippen molar-refractivity contribution in [2.75, 3.05) is 206 Å². The van der Waals surface area contributed by atoms with Crippen molar-refractivity contribution in [2.24, 2.45) is 0 Å². The predicted octanol–water partition coefficient (Wildman–Crippen LogP) is 9.20. The molecule has 0 spiro atoms. The monoisotopic (exact) mass is 2340 g/mol. The summed E-state index contributed by atoms with van der Waals surface area (Å²) in [5.74, 6) is 6.25. The van der Waals surface area contributed by atoms with Crippen LogP contribution in [0.5, 0.6) is 0 Å². The number of rotatable bonds is 43. The lowest BCUT2D eigenvalue weighted by Gasteiger charge is -2.35. The Kier molecular flexibility index (Phi) is 59.6. The van der Waals surface area contributed by atoms with Crippen LogP contribution in [0.4, 0.5) is 28.4 Å². The summed E-state index contributed by atoms with van der Waals surface area (Å²) in [6.45, 7) is 44.1. The fourth-order valence-corrected chi connectivity index (χ4v) is 18.6. The molecule has 1 unspecified atom stereocenters. The van der Waals surface area contributed by atoms with Crippen molar-refractivity contribution in [1.29, 1.82) is 0 Å². The molecule has 3 fully saturated rings. The summed E-state index contributed by atoms with van der Waals surface area (Å²) in [6.07, 6.45) is 1.05. The minimum absolute atomic E-state index is 0. The van der Waals surface area contributed by atoms with Gasteiger partial charge in [0, 0.05) is 161 Å². The van der Waals surface area contributed by atoms with Crippen molar-refractivity contribution < 1.29 is 101 Å². The van der Waals surface area contributed by atoms with Gasteiger partial charge in [0.25, 0.3) is 0 Å². The Hall–Kier alpha value is -0.260. The van der Waals surface area contributed by atoms with Crippen LogP contribution in [0.2, 0.25) is 0 Å². The summed E-state index contributed by atoms with van der Waals surface area (Å²) in [4.78, 5) is 10.8. The molecule has 730 valence electrons. The van der Waals surface area contributed by atoms with Gasteiger partial charge in [-0.05, 0) is 230 Å². The van der Waals surface area contributed by atoms with Gasteiger partial charge in [0.2, 0.25) is 0 Å². The van der Waals surface area contributed by atoms with Crippen LogP contribution < -0.4 is 91.2 Å². The summed E-state index contributed by atoms with van der Waals surface area (Å²) < 4.78 is 39.4. The van der Waals surface area contributed by atoms with E-state index >= 15 is 0 Å². The molecular formula is C89H137B6Br5Cl11N7O12. The van der Waals surface area contributed by atoms with Crippen molar-refractivity contribution in [3.05, 3.63) is 148 Å². The number of anilines is 5. The van der Waals surface area contributed by atoms with E-state index in [1.165, 1.54) is 5.69 Å². The second-order valence-electron chi connectivity index (χ2n) is 35.2. The van der Waals surface area contributed by atoms with Crippen LogP contribution in [0.1, 0.15) is 119 Å². The second-order valence-corrected chi connectivity index (χ2v) is 41.8. The normalized spacial score (nSPS) is 15.7. The van der Waals surface area contributed by atoms with Crippen molar-refractivity contribution in [2.45, 2.75) is 157 Å². The van der Waals surface area contributed by atoms with Gasteiger partial charge in [0.15, 0.2) is 0 Å². The standard InChI is InChI=1S/C19H34BCl3N2O2.C17H25BBrCl2NO2.C17H26BCl2NO2.C16H24BBrClNO2.C10H14BBrClNO2.C10H14BCl2NO2.2BrH/c1-4-10-24(2,11-7-21)16-18-14-17(5-6-19(18)20(26)27)15-25(3,12-8-22)13-9-23;1-12-10-15(22(8-6-20)9-7-21)14(19)11-13(12)18-23-16(2,3)17(4,5)24-18;1-13-12-14(21(10-8-19)11-9-20)6-7-15(13)18-22-16(2,3)17(4,5)23-18;1-15(2)16(3,4)22-17(21-15)13-5-7-14(8-6-13)20(11-9-18)12-10-19;2*12-5-7-14(8-6-13)10-3-1-9(2-4-10)11(15)16;;/h5-6,14,26-27H,4,7-13,15-16H2,1-3H3;10-11H,6-9H2,1-5H3;6-7,12H,8-11H2,1-5H3;5-8H,9-12H2,1-4H3;2*1-4,15-16H,5-8H2;2*1H/q+2;;;;;;;/p-2. The summed E-state index contributed by atoms with van der Waals surface area (Å²) >= 11 is 75.3. The number of hydrogen-bond acceptors (Lipinski definition) is 17. The van der Waals surface area contributed by atoms with Gasteiger partial charge in [-0.3, -0.25) is 0 Å². The molecule has 1 atom stereocenters. The van der Waals surface area contributed by atoms with Gasteiger partial charge in [0.1, 0.15) is 13.1 Å². The Morgan fingerprint density at radius 2 is 0.669 bits per heavy atom. The van der Waals surface area contributed by atoms with Crippen LogP contribution in [-0.4, -0.2) is 296 Å². The van der Waals surface area contributed by atoms with Crippen LogP contribution in [0.25, 0.3) is 0 Å². The van der Waals surface area contributed by atoms with E-state index in [1.54, 1.807) is 24.3 Å². The van der Waals surface area contributed by atoms with E-state index in [2.05, 4.69) is 246 Å². The van der Waals surface area contributed by atoms with E-state index in [-0.39, 0.29) is 88.9 Å². The molecule has 9 rings (SSSR count). The third-order valence-electron chi connectivity index (χ3n) is 24.0. The third-order valence-corrected chi connectivity index (χ3v) is 27.2. The molecule has 3 aliphatic rings. The maximum Gasteiger partial charge on any atom is 0.495 e. The molecule has 130 heavy (non-hydrogen) atoms. The minimum atomic E-state index is -1.48. The first-order valence-electron chi connectivity index (χ1n) is 43.4. The zero-order valence-corrected chi connectivity index (χ0v) is 94.8. The molecule has 0 aliphatic carbocycles. The summed E-state index contributed by atoms with van der Waals surface area (Å²) in [5, 5.41) is 57.3. The first-order chi connectivity index (χ1) is 60.2. The van der Waals surface area contributed by atoms with E-state index in [0.29, 0.717) is 81.1 Å². The Labute approximate surface area is 882 Å². The number of alkyl halides is 13. The molecule has 0 saturated carbocycles. The molecule has 0 bridgehead atoms. The summed E-state index contributed by atoms with van der Waals surface area (Å²) in [7, 11) is -0.992. The maximum atomic E-state index is 9.84. The van der Waals surface area contributed by atoms with Gasteiger partial charge in [-0.2, -0.15) is 0 Å². The molecule has 6 N–H and O–H groups in total. The molecule has 6 aromatic rings. The quantitative estimate of drug-likeness (QED) is 0.0120. The largest absolute Gasteiger partial charge is 1.00 e. The molecule has 6 aromatic carbocycles. The van der Waals surface area contributed by atoms with Gasteiger partial charge in [-0.25, -0.2) is 0 Å². The zero-order valence-electron chi connectivity index (χ0n) is 78.5. The van der Waals surface area contributed by atoms with E-state index in [9.17, 15) is 10.0 Å². The average Bonchev–Trinajstić information content (AvgIpc) is 1.59. The maximum absolute atomic E-state index is 9.84. The summed E-state index contributed by atoms with van der Waals surface area (Å²) in [5.41, 5.74) is 12.5. The molecule has 0 radical (unpaired) electrons. The highest BCUT2D eigenvalue weighted by atomic mass is 79.9. The van der Waals surface area contributed by atoms with Crippen LogP contribution >= 0.6 is 175 Å². The van der Waals surface area contributed by atoms with E-state index in [1.807, 2.05) is 41.3 Å². The lowest BCUT2D eigenvalue weighted by atomic mass is 9.76. The van der Waals surface area contributed by atoms with Crippen LogP contribution in [0.15, 0.2) is 126 Å². The molecule has 0 aromatic heterocycles. The third kappa shape index (κ3) is 39.2. The number of hydrogen-bond donors (Lipinski definition) is 6. The van der Waals surface area contributed by atoms with Crippen LogP contribution in [0, 0.1) is 13.8 Å². The topological polar surface area (TPSA) is 193 Å². The Balaban J connectivity index is 0.000000531. The number of aryl methyl sites for hydroxylation is 2. The highest BCUT2D eigenvalue weighted by Crippen LogP contribution is 2.40. The average molecular weight is 2350 g/mol. The fourth-order valence-electron chi connectivity index (χ4n) is 14.3. The molecular weight excluding hydrogens is 2210 g/mol. The molecule has 41 heteroatoms. The number of benzene rings is 6. The van der Waals surface area contributed by atoms with Crippen LogP contribution in [0.3, 0.4) is 0 Å². The van der Waals surface area contributed by atoms with E-state index in [0.717, 1.165) is 197 Å². The van der Waals surface area contributed by atoms with E-state index < -0.39 is 21.4 Å². The smallest absolute Gasteiger partial charge is 0.495 e. The van der Waals surface area contributed by atoms with Crippen LogP contribution in [-0.2, 0) is 41.0 Å². The van der Waals surface area contributed by atoms with Gasteiger partial charge >= 0.3 is 42.7 Å². The fraction of sp³-hybridized carbons (Fsp3) is 0.596. The van der Waals surface area contributed by atoms with Gasteiger partial charge in [-0.1, -0.05) is 93.4 Å². The molecule has 3 saturated heterocycles. The van der Waals surface area contributed by atoms with Crippen molar-refractivity contribution in [1.82, 2.24) is 0 Å². The zero-order chi connectivity index (χ0) is 96.2. The molecule has 19 nitrogen and oxygen atoms in total. The number of halogens is 16. The van der Waals surface area contributed by atoms with Crippen molar-refractivity contribution in [3.63, 3.8) is 0 Å². The first-order valence-corrected chi connectivity index (χ1v) is 52.3. The van der Waals surface area contributed by atoms with Crippen molar-refractivity contribution >= 4 is 279 Å². The first kappa shape index (κ1) is 126. The predicted molar refractivity (Wildman–Crippen MR) is 569 cm³/mol. The van der Waals surface area contributed by atoms with Gasteiger partial charge in [-0.15, -0.1) is 128 Å². The lowest BCUT2D eigenvalue weighted by Crippen LogP contribution is -3.00. The summed E-state index contributed by atoms with van der Waals surface area (Å²) in [6, 6.07) is 39.0. The highest BCUT2D eigenvalue weighted by molar-refractivity contribution is 9.10. The van der Waals surface area contributed by atoms with Gasteiger partial charge in [0.05, 0.1) is 97.2 Å². The Bertz CT molecular complexity index is 4030. The molecule has 3 aliphatic heterocycles. The highest BCUT2D eigenvalue weighted by Gasteiger charge is 2.54. The minimum Gasteiger partial charge on any atom is -1.00 e. The number of quaternary nitrogens is 2. The van der Waals surface area contributed by atoms with E-state index in [4.69, 9.17) is 176 Å².